The Morgan fingerprint density at radius 1 is 1.28 bits per heavy atom. The molecule has 25 heavy (non-hydrogen) atoms. The number of piperidine rings is 1. The molecule has 1 spiro atoms. The molecule has 0 aliphatic carbocycles. The molecule has 2 atom stereocenters. The molecular formula is C18H22N2O5. The summed E-state index contributed by atoms with van der Waals surface area (Å²) < 4.78 is 10.1. The predicted molar refractivity (Wildman–Crippen MR) is 88.5 cm³/mol. The van der Waals surface area contributed by atoms with Gasteiger partial charge in [0.05, 0.1) is 7.11 Å². The average molecular weight is 346 g/mol. The van der Waals surface area contributed by atoms with E-state index in [2.05, 4.69) is 5.32 Å². The number of carbonyl (C=O) groups is 3. The Morgan fingerprint density at radius 3 is 2.72 bits per heavy atom. The van der Waals surface area contributed by atoms with Gasteiger partial charge in [0.1, 0.15) is 18.2 Å². The summed E-state index contributed by atoms with van der Waals surface area (Å²) in [6, 6.07) is 8.75. The third-order valence-corrected chi connectivity index (χ3v) is 4.97. The first kappa shape index (κ1) is 17.3. The van der Waals surface area contributed by atoms with Gasteiger partial charge in [-0.3, -0.25) is 9.69 Å². The standard InChI is InChI=1S/C18H22N2O5/c1-24-15(21)14-8-10-18(16(22)19-14)9-5-11-20(18)17(23)25-12-13-6-3-2-4-7-13/h2-4,6-7,14H,5,8-12H2,1H3,(H,19,22). The zero-order chi connectivity index (χ0) is 17.9. The van der Waals surface area contributed by atoms with Crippen LogP contribution in [0.2, 0.25) is 0 Å². The Labute approximate surface area is 146 Å². The number of nitrogens with zero attached hydrogens (tertiary/aromatic N) is 1. The molecule has 3 rings (SSSR count). The largest absolute Gasteiger partial charge is 0.467 e. The number of esters is 1. The molecule has 1 aromatic carbocycles. The lowest BCUT2D eigenvalue weighted by Crippen LogP contribution is -2.63. The van der Waals surface area contributed by atoms with E-state index in [4.69, 9.17) is 9.47 Å². The number of methoxy groups -OCH3 is 1. The number of amides is 2. The first-order chi connectivity index (χ1) is 12.1. The molecule has 2 aliphatic heterocycles. The highest BCUT2D eigenvalue weighted by molar-refractivity contribution is 5.94. The molecule has 0 saturated carbocycles. The van der Waals surface area contributed by atoms with Crippen molar-refractivity contribution in [3.8, 4) is 0 Å². The van der Waals surface area contributed by atoms with Gasteiger partial charge in [-0.25, -0.2) is 9.59 Å². The molecule has 1 N–H and O–H groups in total. The minimum Gasteiger partial charge on any atom is -0.467 e. The highest BCUT2D eigenvalue weighted by atomic mass is 16.6. The summed E-state index contributed by atoms with van der Waals surface area (Å²) >= 11 is 0. The second-order valence-corrected chi connectivity index (χ2v) is 6.41. The second-order valence-electron chi connectivity index (χ2n) is 6.41. The number of hydrogen-bond donors (Lipinski definition) is 1. The summed E-state index contributed by atoms with van der Waals surface area (Å²) in [6.45, 7) is 0.641. The zero-order valence-corrected chi connectivity index (χ0v) is 14.2. The van der Waals surface area contributed by atoms with Crippen LogP contribution in [0.15, 0.2) is 30.3 Å². The molecular weight excluding hydrogens is 324 g/mol. The molecule has 2 heterocycles. The van der Waals surface area contributed by atoms with Crippen molar-refractivity contribution < 1.29 is 23.9 Å². The van der Waals surface area contributed by atoms with E-state index in [-0.39, 0.29) is 12.5 Å². The number of ether oxygens (including phenoxy) is 2. The molecule has 7 heteroatoms. The lowest BCUT2D eigenvalue weighted by Gasteiger charge is -2.41. The molecule has 134 valence electrons. The maximum Gasteiger partial charge on any atom is 0.411 e. The van der Waals surface area contributed by atoms with Gasteiger partial charge in [-0.05, 0) is 31.2 Å². The quantitative estimate of drug-likeness (QED) is 0.841. The first-order valence-electron chi connectivity index (χ1n) is 8.44. The Hall–Kier alpha value is -2.57. The van der Waals surface area contributed by atoms with E-state index in [0.29, 0.717) is 25.8 Å². The number of rotatable bonds is 3. The zero-order valence-electron chi connectivity index (χ0n) is 14.2. The van der Waals surface area contributed by atoms with E-state index < -0.39 is 23.6 Å². The van der Waals surface area contributed by atoms with E-state index in [0.717, 1.165) is 12.0 Å². The van der Waals surface area contributed by atoms with Crippen LogP contribution >= 0.6 is 0 Å². The van der Waals surface area contributed by atoms with Crippen molar-refractivity contribution in [2.24, 2.45) is 0 Å². The lowest BCUT2D eigenvalue weighted by atomic mass is 9.84. The second kappa shape index (κ2) is 7.13. The summed E-state index contributed by atoms with van der Waals surface area (Å²) in [5.74, 6) is -0.761. The smallest absolute Gasteiger partial charge is 0.411 e. The number of hydrogen-bond acceptors (Lipinski definition) is 5. The van der Waals surface area contributed by atoms with Crippen molar-refractivity contribution in [1.29, 1.82) is 0 Å². The van der Waals surface area contributed by atoms with Crippen LogP contribution in [-0.4, -0.2) is 48.1 Å². The van der Waals surface area contributed by atoms with Gasteiger partial charge >= 0.3 is 12.1 Å². The number of benzene rings is 1. The van der Waals surface area contributed by atoms with E-state index in [9.17, 15) is 14.4 Å². The van der Waals surface area contributed by atoms with Gasteiger partial charge in [0.15, 0.2) is 0 Å². The molecule has 0 bridgehead atoms. The van der Waals surface area contributed by atoms with Crippen LogP contribution in [0.3, 0.4) is 0 Å². The molecule has 0 aromatic heterocycles. The summed E-state index contributed by atoms with van der Waals surface area (Å²) in [4.78, 5) is 38.4. The van der Waals surface area contributed by atoms with Crippen molar-refractivity contribution in [2.75, 3.05) is 13.7 Å². The van der Waals surface area contributed by atoms with Crippen LogP contribution in [-0.2, 0) is 25.7 Å². The van der Waals surface area contributed by atoms with Crippen LogP contribution < -0.4 is 5.32 Å². The van der Waals surface area contributed by atoms with Crippen molar-refractivity contribution in [3.05, 3.63) is 35.9 Å². The average Bonchev–Trinajstić information content (AvgIpc) is 3.07. The van der Waals surface area contributed by atoms with Crippen molar-refractivity contribution in [3.63, 3.8) is 0 Å². The summed E-state index contributed by atoms with van der Waals surface area (Å²) in [5.41, 5.74) is -0.0267. The van der Waals surface area contributed by atoms with Gasteiger partial charge in [-0.15, -0.1) is 0 Å². The molecule has 2 unspecified atom stereocenters. The third-order valence-electron chi connectivity index (χ3n) is 4.97. The number of nitrogens with one attached hydrogen (secondary N) is 1. The van der Waals surface area contributed by atoms with Gasteiger partial charge in [0, 0.05) is 6.54 Å². The third kappa shape index (κ3) is 3.31. The van der Waals surface area contributed by atoms with Crippen LogP contribution in [0.5, 0.6) is 0 Å². The van der Waals surface area contributed by atoms with Crippen molar-refractivity contribution >= 4 is 18.0 Å². The molecule has 7 nitrogen and oxygen atoms in total. The molecule has 2 saturated heterocycles. The SMILES string of the molecule is COC(=O)C1CCC2(CCCN2C(=O)OCc2ccccc2)C(=O)N1. The fourth-order valence-corrected chi connectivity index (χ4v) is 3.62. The normalized spacial score (nSPS) is 25.6. The highest BCUT2D eigenvalue weighted by Gasteiger charge is 2.53. The fraction of sp³-hybridized carbons (Fsp3) is 0.500. The monoisotopic (exact) mass is 346 g/mol. The Morgan fingerprint density at radius 2 is 2.04 bits per heavy atom. The molecule has 2 amide bonds. The maximum atomic E-state index is 12.7. The minimum absolute atomic E-state index is 0.165. The highest BCUT2D eigenvalue weighted by Crippen LogP contribution is 2.37. The van der Waals surface area contributed by atoms with Crippen molar-refractivity contribution in [2.45, 2.75) is 43.9 Å². The Bertz CT molecular complexity index is 663. The number of carbonyl (C=O) groups excluding carboxylic acids is 3. The van der Waals surface area contributed by atoms with E-state index in [1.807, 2.05) is 30.3 Å². The Balaban J connectivity index is 1.66. The van der Waals surface area contributed by atoms with Crippen LogP contribution in [0.4, 0.5) is 4.79 Å². The molecule has 2 aliphatic rings. The van der Waals surface area contributed by atoms with Gasteiger partial charge in [0.2, 0.25) is 5.91 Å². The summed E-state index contributed by atoms with van der Waals surface area (Å²) in [6.07, 6.45) is 1.69. The van der Waals surface area contributed by atoms with E-state index in [1.165, 1.54) is 12.0 Å². The predicted octanol–water partition coefficient (Wildman–Crippen LogP) is 1.61. The van der Waals surface area contributed by atoms with E-state index >= 15 is 0 Å². The van der Waals surface area contributed by atoms with Crippen LogP contribution in [0.25, 0.3) is 0 Å². The van der Waals surface area contributed by atoms with Crippen LogP contribution in [0.1, 0.15) is 31.2 Å². The lowest BCUT2D eigenvalue weighted by molar-refractivity contribution is -0.149. The maximum absolute atomic E-state index is 12.7. The molecule has 2 fully saturated rings. The van der Waals surface area contributed by atoms with Gasteiger partial charge in [-0.2, -0.15) is 0 Å². The van der Waals surface area contributed by atoms with Gasteiger partial charge in [-0.1, -0.05) is 30.3 Å². The Kier molecular flexibility index (Phi) is 4.92. The van der Waals surface area contributed by atoms with Crippen molar-refractivity contribution in [1.82, 2.24) is 10.2 Å². The van der Waals surface area contributed by atoms with Gasteiger partial charge < -0.3 is 14.8 Å². The molecule has 1 aromatic rings. The minimum atomic E-state index is -0.918. The topological polar surface area (TPSA) is 84.9 Å². The molecule has 0 radical (unpaired) electrons. The fourth-order valence-electron chi connectivity index (χ4n) is 3.62. The van der Waals surface area contributed by atoms with Gasteiger partial charge in [0.25, 0.3) is 0 Å². The number of likely N-dealkylation sites (tertiary alicyclic amines) is 1. The summed E-state index contributed by atoms with van der Waals surface area (Å²) in [5, 5.41) is 2.70. The summed E-state index contributed by atoms with van der Waals surface area (Å²) in [7, 11) is 1.29. The van der Waals surface area contributed by atoms with E-state index in [1.54, 1.807) is 0 Å². The van der Waals surface area contributed by atoms with Crippen LogP contribution in [0, 0.1) is 0 Å². The first-order valence-corrected chi connectivity index (χ1v) is 8.44.